The summed E-state index contributed by atoms with van der Waals surface area (Å²) in [6, 6.07) is 15.5. The minimum atomic E-state index is -0.494. The summed E-state index contributed by atoms with van der Waals surface area (Å²) in [6.07, 6.45) is 0.115. The highest BCUT2D eigenvalue weighted by Gasteiger charge is 2.17. The van der Waals surface area contributed by atoms with E-state index in [4.69, 9.17) is 9.47 Å². The molecular weight excluding hydrogens is 302 g/mol. The lowest BCUT2D eigenvalue weighted by Crippen LogP contribution is -2.39. The summed E-state index contributed by atoms with van der Waals surface area (Å²) in [5.74, 6) is 1.40. The Morgan fingerprint density at radius 1 is 1.04 bits per heavy atom. The molecular formula is C20H25NO3. The maximum absolute atomic E-state index is 12.2. The summed E-state index contributed by atoms with van der Waals surface area (Å²) in [6.45, 7) is 6.83. The van der Waals surface area contributed by atoms with Crippen LogP contribution in [0.3, 0.4) is 0 Å². The fraction of sp³-hybridized carbons (Fsp3) is 0.350. The second kappa shape index (κ2) is 8.96. The maximum Gasteiger partial charge on any atom is 0.261 e. The fourth-order valence-corrected chi connectivity index (χ4v) is 2.27. The van der Waals surface area contributed by atoms with Crippen LogP contribution in [0.25, 0.3) is 0 Å². The number of rotatable bonds is 8. The molecule has 0 bridgehead atoms. The van der Waals surface area contributed by atoms with Gasteiger partial charge in [0, 0.05) is 0 Å². The molecule has 1 amide bonds. The SMILES string of the molecule is CCC(Oc1cccc(C)c1)C(=O)NCCOc1ccc(C)cc1. The average Bonchev–Trinajstić information content (AvgIpc) is 2.58. The molecule has 1 unspecified atom stereocenters. The standard InChI is InChI=1S/C20H25NO3/c1-4-19(24-18-7-5-6-16(3)14-18)20(22)21-12-13-23-17-10-8-15(2)9-11-17/h5-11,14,19H,4,12-13H2,1-3H3,(H,21,22). The van der Waals surface area contributed by atoms with E-state index < -0.39 is 6.10 Å². The number of carbonyl (C=O) groups is 1. The van der Waals surface area contributed by atoms with Gasteiger partial charge in [0.2, 0.25) is 0 Å². The summed E-state index contributed by atoms with van der Waals surface area (Å²) in [4.78, 5) is 12.2. The van der Waals surface area contributed by atoms with Crippen LogP contribution in [-0.4, -0.2) is 25.2 Å². The van der Waals surface area contributed by atoms with Gasteiger partial charge in [-0.25, -0.2) is 0 Å². The van der Waals surface area contributed by atoms with Crippen LogP contribution >= 0.6 is 0 Å². The number of nitrogens with one attached hydrogen (secondary N) is 1. The summed E-state index contributed by atoms with van der Waals surface area (Å²) in [5.41, 5.74) is 2.30. The molecule has 2 rings (SSSR count). The Bertz CT molecular complexity index is 652. The van der Waals surface area contributed by atoms with Gasteiger partial charge in [-0.05, 0) is 50.1 Å². The Morgan fingerprint density at radius 3 is 2.46 bits per heavy atom. The van der Waals surface area contributed by atoms with Crippen LogP contribution in [0.15, 0.2) is 48.5 Å². The highest BCUT2D eigenvalue weighted by atomic mass is 16.5. The zero-order valence-electron chi connectivity index (χ0n) is 14.5. The predicted octanol–water partition coefficient (Wildman–Crippen LogP) is 3.66. The van der Waals surface area contributed by atoms with Crippen molar-refractivity contribution in [2.75, 3.05) is 13.2 Å². The summed E-state index contributed by atoms with van der Waals surface area (Å²) < 4.78 is 11.4. The Hall–Kier alpha value is -2.49. The van der Waals surface area contributed by atoms with Crippen molar-refractivity contribution in [3.05, 3.63) is 59.7 Å². The molecule has 1 atom stereocenters. The minimum Gasteiger partial charge on any atom is -0.492 e. The molecule has 0 radical (unpaired) electrons. The van der Waals surface area contributed by atoms with Gasteiger partial charge >= 0.3 is 0 Å². The van der Waals surface area contributed by atoms with Gasteiger partial charge < -0.3 is 14.8 Å². The third-order valence-corrected chi connectivity index (χ3v) is 3.62. The van der Waals surface area contributed by atoms with E-state index in [0.717, 1.165) is 11.3 Å². The first-order valence-electron chi connectivity index (χ1n) is 8.29. The first-order valence-corrected chi connectivity index (χ1v) is 8.29. The number of ether oxygens (including phenoxy) is 2. The van der Waals surface area contributed by atoms with Crippen molar-refractivity contribution >= 4 is 5.91 Å². The lowest BCUT2D eigenvalue weighted by molar-refractivity contribution is -0.128. The van der Waals surface area contributed by atoms with Gasteiger partial charge in [0.05, 0.1) is 6.54 Å². The minimum absolute atomic E-state index is 0.119. The number of hydrogen-bond donors (Lipinski definition) is 1. The molecule has 0 spiro atoms. The third-order valence-electron chi connectivity index (χ3n) is 3.62. The third kappa shape index (κ3) is 5.61. The van der Waals surface area contributed by atoms with E-state index in [0.29, 0.717) is 25.3 Å². The molecule has 0 aliphatic carbocycles. The van der Waals surface area contributed by atoms with E-state index in [-0.39, 0.29) is 5.91 Å². The molecule has 4 nitrogen and oxygen atoms in total. The van der Waals surface area contributed by atoms with Gasteiger partial charge in [-0.1, -0.05) is 36.8 Å². The number of carbonyl (C=O) groups excluding carboxylic acids is 1. The number of amides is 1. The topological polar surface area (TPSA) is 47.6 Å². The van der Waals surface area contributed by atoms with Crippen molar-refractivity contribution in [2.24, 2.45) is 0 Å². The van der Waals surface area contributed by atoms with Crippen molar-refractivity contribution in [1.29, 1.82) is 0 Å². The Kier molecular flexibility index (Phi) is 6.67. The molecule has 0 saturated carbocycles. The molecule has 0 fully saturated rings. The van der Waals surface area contributed by atoms with Crippen LogP contribution in [0.5, 0.6) is 11.5 Å². The largest absolute Gasteiger partial charge is 0.492 e. The van der Waals surface area contributed by atoms with Crippen molar-refractivity contribution in [2.45, 2.75) is 33.3 Å². The molecule has 2 aromatic carbocycles. The second-order valence-corrected chi connectivity index (χ2v) is 5.78. The fourth-order valence-electron chi connectivity index (χ4n) is 2.27. The molecule has 1 N–H and O–H groups in total. The van der Waals surface area contributed by atoms with Crippen molar-refractivity contribution in [1.82, 2.24) is 5.32 Å². The monoisotopic (exact) mass is 327 g/mol. The lowest BCUT2D eigenvalue weighted by Gasteiger charge is -2.17. The molecule has 0 aromatic heterocycles. The number of aryl methyl sites for hydroxylation is 2. The maximum atomic E-state index is 12.2. The number of benzene rings is 2. The lowest BCUT2D eigenvalue weighted by atomic mass is 10.2. The van der Waals surface area contributed by atoms with E-state index >= 15 is 0 Å². The van der Waals surface area contributed by atoms with E-state index in [1.54, 1.807) is 0 Å². The van der Waals surface area contributed by atoms with E-state index in [9.17, 15) is 4.79 Å². The van der Waals surface area contributed by atoms with Crippen molar-refractivity contribution in [3.63, 3.8) is 0 Å². The molecule has 4 heteroatoms. The van der Waals surface area contributed by atoms with Crippen LogP contribution in [-0.2, 0) is 4.79 Å². The number of hydrogen-bond acceptors (Lipinski definition) is 3. The highest BCUT2D eigenvalue weighted by molar-refractivity contribution is 5.81. The quantitative estimate of drug-likeness (QED) is 0.753. The summed E-state index contributed by atoms with van der Waals surface area (Å²) in [7, 11) is 0. The van der Waals surface area contributed by atoms with Gasteiger partial charge in [0.1, 0.15) is 18.1 Å². The zero-order valence-corrected chi connectivity index (χ0v) is 14.5. The van der Waals surface area contributed by atoms with Crippen LogP contribution in [0.1, 0.15) is 24.5 Å². The molecule has 2 aromatic rings. The van der Waals surface area contributed by atoms with E-state index in [2.05, 4.69) is 5.32 Å². The van der Waals surface area contributed by atoms with E-state index in [1.165, 1.54) is 5.56 Å². The molecule has 0 aliphatic heterocycles. The molecule has 128 valence electrons. The average molecular weight is 327 g/mol. The first kappa shape index (κ1) is 17.9. The van der Waals surface area contributed by atoms with Crippen LogP contribution in [0.4, 0.5) is 0 Å². The van der Waals surface area contributed by atoms with E-state index in [1.807, 2.05) is 69.3 Å². The predicted molar refractivity (Wildman–Crippen MR) is 95.6 cm³/mol. The summed E-state index contributed by atoms with van der Waals surface area (Å²) in [5, 5.41) is 2.86. The van der Waals surface area contributed by atoms with Crippen LogP contribution in [0, 0.1) is 13.8 Å². The normalized spacial score (nSPS) is 11.6. The first-order chi connectivity index (χ1) is 11.6. The van der Waals surface area contributed by atoms with Gasteiger partial charge in [-0.15, -0.1) is 0 Å². The van der Waals surface area contributed by atoms with Gasteiger partial charge in [-0.2, -0.15) is 0 Å². The molecule has 24 heavy (non-hydrogen) atoms. The van der Waals surface area contributed by atoms with Crippen molar-refractivity contribution < 1.29 is 14.3 Å². The Labute approximate surface area is 143 Å². The molecule has 0 aliphatic rings. The Morgan fingerprint density at radius 2 is 1.79 bits per heavy atom. The second-order valence-electron chi connectivity index (χ2n) is 5.78. The van der Waals surface area contributed by atoms with Gasteiger partial charge in [-0.3, -0.25) is 4.79 Å². The smallest absolute Gasteiger partial charge is 0.261 e. The Balaban J connectivity index is 1.76. The molecule has 0 heterocycles. The summed E-state index contributed by atoms with van der Waals surface area (Å²) >= 11 is 0. The van der Waals surface area contributed by atoms with Gasteiger partial charge in [0.25, 0.3) is 5.91 Å². The highest BCUT2D eigenvalue weighted by Crippen LogP contribution is 2.15. The zero-order chi connectivity index (χ0) is 17.4. The van der Waals surface area contributed by atoms with Crippen LogP contribution in [0.2, 0.25) is 0 Å². The van der Waals surface area contributed by atoms with Crippen molar-refractivity contribution in [3.8, 4) is 11.5 Å². The van der Waals surface area contributed by atoms with Gasteiger partial charge in [0.15, 0.2) is 6.10 Å². The van der Waals surface area contributed by atoms with Crippen LogP contribution < -0.4 is 14.8 Å². The molecule has 0 saturated heterocycles.